The molecule has 0 radical (unpaired) electrons. The number of benzene rings is 1. The van der Waals surface area contributed by atoms with Gasteiger partial charge in [0.15, 0.2) is 5.71 Å². The summed E-state index contributed by atoms with van der Waals surface area (Å²) in [5.41, 5.74) is 8.44. The predicted octanol–water partition coefficient (Wildman–Crippen LogP) is -0.750. The Labute approximate surface area is 109 Å². The van der Waals surface area contributed by atoms with Crippen LogP contribution in [0.3, 0.4) is 0 Å². The van der Waals surface area contributed by atoms with Crippen LogP contribution in [0.5, 0.6) is 0 Å². The molecule has 0 aromatic heterocycles. The molecule has 1 aromatic carbocycles. The molecule has 0 aliphatic carbocycles. The maximum Gasteiger partial charge on any atom is 0.292 e. The normalized spacial score (nSPS) is 17.2. The number of sulfonamides is 1. The zero-order valence-electron chi connectivity index (χ0n) is 9.67. The van der Waals surface area contributed by atoms with E-state index in [1.165, 1.54) is 24.3 Å². The van der Waals surface area contributed by atoms with Gasteiger partial charge in [-0.1, -0.05) is 6.58 Å². The van der Waals surface area contributed by atoms with Crippen LogP contribution in [0.25, 0.3) is 0 Å². The molecule has 1 aromatic rings. The fraction of sp³-hybridized carbons (Fsp3) is 0. The van der Waals surface area contributed by atoms with E-state index in [9.17, 15) is 13.2 Å². The summed E-state index contributed by atoms with van der Waals surface area (Å²) in [5, 5.41) is 8.83. The number of rotatable bonds is 3. The quantitative estimate of drug-likeness (QED) is 0.542. The largest absolute Gasteiger partial charge is 0.296 e. The van der Waals surface area contributed by atoms with E-state index < -0.39 is 15.9 Å². The molecule has 2 rings (SSSR count). The molecular weight excluding hydrogens is 270 g/mol. The van der Waals surface area contributed by atoms with Crippen molar-refractivity contribution in [3.8, 4) is 0 Å². The fourth-order valence-electron chi connectivity index (χ4n) is 1.35. The first-order valence-electron chi connectivity index (χ1n) is 5.10. The summed E-state index contributed by atoms with van der Waals surface area (Å²) >= 11 is 0. The second kappa shape index (κ2) is 4.71. The molecule has 19 heavy (non-hydrogen) atoms. The van der Waals surface area contributed by atoms with Gasteiger partial charge < -0.3 is 0 Å². The Morgan fingerprint density at radius 1 is 1.21 bits per heavy atom. The summed E-state index contributed by atoms with van der Waals surface area (Å²) in [7, 11) is -3.72. The topological polar surface area (TPSA) is 126 Å². The molecular formula is C10H11N5O3S. The first-order valence-corrected chi connectivity index (χ1v) is 6.65. The molecule has 1 saturated heterocycles. The molecule has 1 aliphatic heterocycles. The Hall–Kier alpha value is -2.39. The average molecular weight is 281 g/mol. The Bertz CT molecular complexity index is 645. The third-order valence-electron chi connectivity index (χ3n) is 2.31. The van der Waals surface area contributed by atoms with Crippen molar-refractivity contribution in [2.24, 2.45) is 10.2 Å². The lowest BCUT2D eigenvalue weighted by Gasteiger charge is -2.02. The van der Waals surface area contributed by atoms with Crippen molar-refractivity contribution in [1.29, 1.82) is 0 Å². The van der Waals surface area contributed by atoms with Gasteiger partial charge in [-0.2, -0.15) is 5.10 Å². The van der Waals surface area contributed by atoms with Crippen molar-refractivity contribution >= 4 is 27.3 Å². The zero-order chi connectivity index (χ0) is 14.0. The molecule has 0 saturated carbocycles. The van der Waals surface area contributed by atoms with Gasteiger partial charge in [0.25, 0.3) is 5.91 Å². The van der Waals surface area contributed by atoms with E-state index in [-0.39, 0.29) is 10.6 Å². The minimum atomic E-state index is -3.72. The minimum absolute atomic E-state index is 0.00427. The van der Waals surface area contributed by atoms with E-state index in [2.05, 4.69) is 28.0 Å². The van der Waals surface area contributed by atoms with Crippen molar-refractivity contribution < 1.29 is 13.2 Å². The van der Waals surface area contributed by atoms with Crippen molar-refractivity contribution in [2.75, 3.05) is 5.43 Å². The summed E-state index contributed by atoms with van der Waals surface area (Å²) in [6.07, 6.45) is 0. The monoisotopic (exact) mass is 281 g/mol. The summed E-state index contributed by atoms with van der Waals surface area (Å²) in [4.78, 5) is 11.3. The molecule has 1 heterocycles. The number of anilines is 1. The maximum atomic E-state index is 11.3. The number of carbonyl (C=O) groups excluding carboxylic acids is 1. The Morgan fingerprint density at radius 3 is 2.32 bits per heavy atom. The molecule has 1 amide bonds. The lowest BCUT2D eigenvalue weighted by Crippen LogP contribution is -2.25. The van der Waals surface area contributed by atoms with Crippen LogP contribution in [0.2, 0.25) is 0 Å². The number of amides is 1. The lowest BCUT2D eigenvalue weighted by atomic mass is 10.3. The smallest absolute Gasteiger partial charge is 0.292 e. The summed E-state index contributed by atoms with van der Waals surface area (Å²) < 4.78 is 22.1. The van der Waals surface area contributed by atoms with E-state index in [0.29, 0.717) is 11.4 Å². The molecule has 100 valence electrons. The van der Waals surface area contributed by atoms with E-state index in [1.807, 2.05) is 0 Å². The number of nitrogens with zero attached hydrogens (tertiary/aromatic N) is 1. The number of primary sulfonamides is 1. The SMILES string of the molecule is C=C1NNC(=O)/C1=N/Nc1ccc(S(N)(=O)=O)cc1. The highest BCUT2D eigenvalue weighted by molar-refractivity contribution is 7.89. The zero-order valence-corrected chi connectivity index (χ0v) is 10.5. The molecule has 0 spiro atoms. The highest BCUT2D eigenvalue weighted by atomic mass is 32.2. The van der Waals surface area contributed by atoms with Crippen LogP contribution in [0.15, 0.2) is 46.5 Å². The second-order valence-corrected chi connectivity index (χ2v) is 5.26. The van der Waals surface area contributed by atoms with Crippen LogP contribution in [0.4, 0.5) is 5.69 Å². The third-order valence-corrected chi connectivity index (χ3v) is 3.24. The number of nitrogens with two attached hydrogens (primary N) is 1. The molecule has 5 N–H and O–H groups in total. The molecule has 0 bridgehead atoms. The van der Waals surface area contributed by atoms with Gasteiger partial charge in [0.1, 0.15) is 0 Å². The van der Waals surface area contributed by atoms with Crippen molar-refractivity contribution in [2.45, 2.75) is 4.90 Å². The van der Waals surface area contributed by atoms with E-state index in [0.717, 1.165) is 0 Å². The first-order chi connectivity index (χ1) is 8.88. The number of hydrazone groups is 1. The van der Waals surface area contributed by atoms with E-state index >= 15 is 0 Å². The van der Waals surface area contributed by atoms with Crippen LogP contribution >= 0.6 is 0 Å². The summed E-state index contributed by atoms with van der Waals surface area (Å²) in [5.74, 6) is -0.404. The molecule has 9 heteroatoms. The van der Waals surface area contributed by atoms with Crippen molar-refractivity contribution in [1.82, 2.24) is 10.9 Å². The summed E-state index contributed by atoms with van der Waals surface area (Å²) in [6.45, 7) is 3.58. The van der Waals surface area contributed by atoms with Crippen molar-refractivity contribution in [3.63, 3.8) is 0 Å². The highest BCUT2D eigenvalue weighted by Crippen LogP contribution is 2.13. The number of hydrogen-bond acceptors (Lipinski definition) is 6. The van der Waals surface area contributed by atoms with Gasteiger partial charge in [-0.25, -0.2) is 13.6 Å². The van der Waals surface area contributed by atoms with Gasteiger partial charge in [-0.3, -0.25) is 21.1 Å². The summed E-state index contributed by atoms with van der Waals surface area (Å²) in [6, 6.07) is 5.62. The van der Waals surface area contributed by atoms with Gasteiger partial charge >= 0.3 is 0 Å². The first kappa shape index (κ1) is 13.1. The molecule has 8 nitrogen and oxygen atoms in total. The lowest BCUT2D eigenvalue weighted by molar-refractivity contribution is -0.114. The Morgan fingerprint density at radius 2 is 1.84 bits per heavy atom. The van der Waals surface area contributed by atoms with Gasteiger partial charge in [0, 0.05) is 0 Å². The van der Waals surface area contributed by atoms with Gasteiger partial charge in [0.2, 0.25) is 10.0 Å². The molecule has 0 unspecified atom stereocenters. The molecule has 1 fully saturated rings. The molecule has 0 atom stereocenters. The number of nitrogens with one attached hydrogen (secondary N) is 3. The van der Waals surface area contributed by atoms with E-state index in [4.69, 9.17) is 5.14 Å². The Kier molecular flexibility index (Phi) is 3.23. The van der Waals surface area contributed by atoms with Crippen LogP contribution in [0, 0.1) is 0 Å². The maximum absolute atomic E-state index is 11.3. The predicted molar refractivity (Wildman–Crippen MR) is 69.3 cm³/mol. The number of carbonyl (C=O) groups is 1. The van der Waals surface area contributed by atoms with Crippen LogP contribution < -0.4 is 21.4 Å². The fourth-order valence-corrected chi connectivity index (χ4v) is 1.86. The van der Waals surface area contributed by atoms with Crippen molar-refractivity contribution in [3.05, 3.63) is 36.5 Å². The van der Waals surface area contributed by atoms with Crippen LogP contribution in [-0.2, 0) is 14.8 Å². The van der Waals surface area contributed by atoms with E-state index in [1.54, 1.807) is 0 Å². The standard InChI is InChI=1S/C10H11N5O3S/c1-6-9(10(16)15-12-6)14-13-7-2-4-8(5-3-7)19(11,17)18/h2-5,12-13H,1H2,(H,15,16)(H2,11,17,18)/b14-9+. The van der Waals surface area contributed by atoms with Gasteiger partial charge in [-0.05, 0) is 24.3 Å². The molecule has 1 aliphatic rings. The van der Waals surface area contributed by atoms with Gasteiger partial charge in [0.05, 0.1) is 16.3 Å². The Balaban J connectivity index is 2.15. The minimum Gasteiger partial charge on any atom is -0.296 e. The second-order valence-electron chi connectivity index (χ2n) is 3.70. The van der Waals surface area contributed by atoms with Crippen LogP contribution in [-0.4, -0.2) is 20.0 Å². The van der Waals surface area contributed by atoms with Crippen LogP contribution in [0.1, 0.15) is 0 Å². The van der Waals surface area contributed by atoms with Gasteiger partial charge in [-0.15, -0.1) is 0 Å². The third kappa shape index (κ3) is 2.89. The number of hydrogen-bond donors (Lipinski definition) is 4. The number of hydrazine groups is 1. The average Bonchev–Trinajstić information content (AvgIpc) is 2.66. The highest BCUT2D eigenvalue weighted by Gasteiger charge is 2.22.